The highest BCUT2D eigenvalue weighted by molar-refractivity contribution is 6.31. The highest BCUT2D eigenvalue weighted by Crippen LogP contribution is 2.30. The van der Waals surface area contributed by atoms with Crippen molar-refractivity contribution in [1.29, 1.82) is 0 Å². The van der Waals surface area contributed by atoms with Crippen molar-refractivity contribution in [2.24, 2.45) is 7.05 Å². The molecular weight excluding hydrogens is 266 g/mol. The Morgan fingerprint density at radius 3 is 2.53 bits per heavy atom. The maximum absolute atomic E-state index is 11.7. The van der Waals surface area contributed by atoms with Gasteiger partial charge < -0.3 is 14.2 Å². The van der Waals surface area contributed by atoms with Gasteiger partial charge in [-0.3, -0.25) is 4.57 Å². The fraction of sp³-hybridized carbons (Fsp3) is 0.462. The number of hydrogen-bond donors (Lipinski definition) is 0. The van der Waals surface area contributed by atoms with E-state index in [4.69, 9.17) is 16.0 Å². The van der Waals surface area contributed by atoms with E-state index in [1.807, 2.05) is 6.07 Å². The molecule has 1 aromatic heterocycles. The molecule has 1 aromatic carbocycles. The summed E-state index contributed by atoms with van der Waals surface area (Å²) in [6, 6.07) is 3.64. The molecule has 1 fully saturated rings. The lowest BCUT2D eigenvalue weighted by atomic mass is 10.2. The van der Waals surface area contributed by atoms with E-state index in [1.165, 1.54) is 4.57 Å². The second-order valence-corrected chi connectivity index (χ2v) is 5.43. The van der Waals surface area contributed by atoms with Crippen molar-refractivity contribution >= 4 is 28.4 Å². The minimum absolute atomic E-state index is 0.354. The molecule has 102 valence electrons. The van der Waals surface area contributed by atoms with Crippen LogP contribution in [0.1, 0.15) is 0 Å². The number of anilines is 1. The molecule has 1 aliphatic rings. The van der Waals surface area contributed by atoms with Crippen molar-refractivity contribution in [3.05, 3.63) is 27.7 Å². The number of piperazine rings is 1. The van der Waals surface area contributed by atoms with Crippen LogP contribution in [-0.2, 0) is 7.05 Å². The summed E-state index contributed by atoms with van der Waals surface area (Å²) in [4.78, 5) is 16.2. The molecule has 6 heteroatoms. The van der Waals surface area contributed by atoms with Crippen LogP contribution >= 0.6 is 11.6 Å². The molecule has 0 bridgehead atoms. The van der Waals surface area contributed by atoms with Gasteiger partial charge in [0.2, 0.25) is 0 Å². The van der Waals surface area contributed by atoms with Crippen LogP contribution in [0.25, 0.3) is 11.1 Å². The number of aryl methyl sites for hydroxylation is 1. The lowest BCUT2D eigenvalue weighted by Gasteiger charge is -2.33. The van der Waals surface area contributed by atoms with E-state index in [1.54, 1.807) is 13.1 Å². The van der Waals surface area contributed by atoms with Gasteiger partial charge in [-0.25, -0.2) is 4.79 Å². The first-order chi connectivity index (χ1) is 9.06. The summed E-state index contributed by atoms with van der Waals surface area (Å²) in [5.74, 6) is -0.354. The molecule has 0 radical (unpaired) electrons. The average Bonchev–Trinajstić information content (AvgIpc) is 2.66. The van der Waals surface area contributed by atoms with Crippen LogP contribution in [0.15, 0.2) is 21.3 Å². The first-order valence-corrected chi connectivity index (χ1v) is 6.66. The zero-order valence-corrected chi connectivity index (χ0v) is 11.8. The average molecular weight is 282 g/mol. The van der Waals surface area contributed by atoms with Gasteiger partial charge in [-0.1, -0.05) is 11.6 Å². The monoisotopic (exact) mass is 281 g/mol. The van der Waals surface area contributed by atoms with E-state index in [2.05, 4.69) is 16.8 Å². The number of nitrogens with zero attached hydrogens (tertiary/aromatic N) is 3. The number of aromatic nitrogens is 1. The molecule has 0 saturated carbocycles. The zero-order valence-electron chi connectivity index (χ0n) is 11.0. The Hall–Kier alpha value is -1.46. The highest BCUT2D eigenvalue weighted by Gasteiger charge is 2.20. The quantitative estimate of drug-likeness (QED) is 0.795. The minimum atomic E-state index is -0.354. The molecule has 1 aliphatic heterocycles. The fourth-order valence-corrected chi connectivity index (χ4v) is 2.66. The van der Waals surface area contributed by atoms with Crippen molar-refractivity contribution in [2.45, 2.75) is 0 Å². The Morgan fingerprint density at radius 2 is 1.84 bits per heavy atom. The molecule has 3 rings (SSSR count). The second kappa shape index (κ2) is 4.58. The molecule has 1 saturated heterocycles. The number of rotatable bonds is 1. The van der Waals surface area contributed by atoms with Crippen molar-refractivity contribution in [3.63, 3.8) is 0 Å². The van der Waals surface area contributed by atoms with Crippen molar-refractivity contribution in [1.82, 2.24) is 9.47 Å². The summed E-state index contributed by atoms with van der Waals surface area (Å²) >= 11 is 6.16. The molecule has 5 nitrogen and oxygen atoms in total. The molecule has 0 unspecified atom stereocenters. The molecule has 0 amide bonds. The van der Waals surface area contributed by atoms with Gasteiger partial charge in [0.25, 0.3) is 0 Å². The van der Waals surface area contributed by atoms with E-state index in [0.29, 0.717) is 10.6 Å². The van der Waals surface area contributed by atoms with E-state index in [-0.39, 0.29) is 5.76 Å². The van der Waals surface area contributed by atoms with Crippen molar-refractivity contribution < 1.29 is 4.42 Å². The standard InChI is InChI=1S/C13H16ClN3O2/c1-15-3-5-17(6-4-15)11-8-9(14)7-10-12(11)19-13(18)16(10)2/h7-8H,3-6H2,1-2H3. The molecule has 2 heterocycles. The van der Waals surface area contributed by atoms with Gasteiger partial charge >= 0.3 is 5.76 Å². The third kappa shape index (κ3) is 2.13. The summed E-state index contributed by atoms with van der Waals surface area (Å²) < 4.78 is 6.85. The van der Waals surface area contributed by atoms with Crippen LogP contribution in [0, 0.1) is 0 Å². The summed E-state index contributed by atoms with van der Waals surface area (Å²) in [7, 11) is 3.80. The molecule has 19 heavy (non-hydrogen) atoms. The Kier molecular flexibility index (Phi) is 3.03. The number of likely N-dealkylation sites (N-methyl/N-ethyl adjacent to an activating group) is 1. The molecular formula is C13H16ClN3O2. The van der Waals surface area contributed by atoms with Gasteiger partial charge in [-0.2, -0.15) is 0 Å². The van der Waals surface area contributed by atoms with Crippen LogP contribution < -0.4 is 10.7 Å². The van der Waals surface area contributed by atoms with Gasteiger partial charge in [0, 0.05) is 38.2 Å². The number of fused-ring (bicyclic) bond motifs is 1. The van der Waals surface area contributed by atoms with Crippen LogP contribution in [-0.4, -0.2) is 42.7 Å². The third-order valence-corrected chi connectivity index (χ3v) is 3.90. The summed E-state index contributed by atoms with van der Waals surface area (Å²) in [5.41, 5.74) is 2.28. The first-order valence-electron chi connectivity index (χ1n) is 6.29. The Morgan fingerprint density at radius 1 is 1.16 bits per heavy atom. The second-order valence-electron chi connectivity index (χ2n) is 4.99. The molecule has 0 spiro atoms. The van der Waals surface area contributed by atoms with Crippen LogP contribution in [0.4, 0.5) is 5.69 Å². The number of benzene rings is 1. The number of oxazole rings is 1. The van der Waals surface area contributed by atoms with Crippen molar-refractivity contribution in [3.8, 4) is 0 Å². The fourth-order valence-electron chi connectivity index (χ4n) is 2.46. The predicted octanol–water partition coefficient (Wildman–Crippen LogP) is 1.54. The summed E-state index contributed by atoms with van der Waals surface area (Å²) in [5, 5.41) is 0.623. The van der Waals surface area contributed by atoms with Gasteiger partial charge in [0.1, 0.15) is 0 Å². The maximum Gasteiger partial charge on any atom is 0.419 e. The summed E-state index contributed by atoms with van der Waals surface area (Å²) in [6.07, 6.45) is 0. The molecule has 0 atom stereocenters. The van der Waals surface area contributed by atoms with E-state index in [0.717, 1.165) is 37.4 Å². The van der Waals surface area contributed by atoms with Gasteiger partial charge in [-0.05, 0) is 19.2 Å². The predicted molar refractivity (Wildman–Crippen MR) is 76.2 cm³/mol. The molecule has 0 aliphatic carbocycles. The lowest BCUT2D eigenvalue weighted by Crippen LogP contribution is -2.44. The Balaban J connectivity index is 2.12. The van der Waals surface area contributed by atoms with Crippen LogP contribution in [0.3, 0.4) is 0 Å². The van der Waals surface area contributed by atoms with Gasteiger partial charge in [0.15, 0.2) is 5.58 Å². The topological polar surface area (TPSA) is 41.6 Å². The normalized spacial score (nSPS) is 17.3. The third-order valence-electron chi connectivity index (χ3n) is 3.68. The Bertz CT molecular complexity index is 668. The van der Waals surface area contributed by atoms with E-state index in [9.17, 15) is 4.79 Å². The zero-order chi connectivity index (χ0) is 13.6. The molecule has 2 aromatic rings. The van der Waals surface area contributed by atoms with Crippen LogP contribution in [0.5, 0.6) is 0 Å². The minimum Gasteiger partial charge on any atom is -0.405 e. The van der Waals surface area contributed by atoms with Crippen LogP contribution in [0.2, 0.25) is 5.02 Å². The largest absolute Gasteiger partial charge is 0.419 e. The lowest BCUT2D eigenvalue weighted by molar-refractivity contribution is 0.312. The number of hydrogen-bond acceptors (Lipinski definition) is 4. The first kappa shape index (κ1) is 12.6. The maximum atomic E-state index is 11.7. The van der Waals surface area contributed by atoms with Gasteiger partial charge in [-0.15, -0.1) is 0 Å². The summed E-state index contributed by atoms with van der Waals surface area (Å²) in [6.45, 7) is 3.80. The Labute approximate surface area is 116 Å². The van der Waals surface area contributed by atoms with Gasteiger partial charge in [0.05, 0.1) is 11.2 Å². The highest BCUT2D eigenvalue weighted by atomic mass is 35.5. The van der Waals surface area contributed by atoms with Crippen molar-refractivity contribution in [2.75, 3.05) is 38.1 Å². The smallest absolute Gasteiger partial charge is 0.405 e. The molecule has 0 N–H and O–H groups in total. The van der Waals surface area contributed by atoms with E-state index >= 15 is 0 Å². The SMILES string of the molecule is CN1CCN(c2cc(Cl)cc3c2oc(=O)n3C)CC1. The number of halogens is 1. The van der Waals surface area contributed by atoms with E-state index < -0.39 is 0 Å².